The summed E-state index contributed by atoms with van der Waals surface area (Å²) in [6.07, 6.45) is 1.96. The van der Waals surface area contributed by atoms with Crippen LogP contribution in [-0.4, -0.2) is 28.5 Å². The van der Waals surface area contributed by atoms with Crippen LogP contribution in [0.5, 0.6) is 0 Å². The highest BCUT2D eigenvalue weighted by molar-refractivity contribution is 5.62. The summed E-state index contributed by atoms with van der Waals surface area (Å²) in [4.78, 5) is 0. The number of hydrogen-bond acceptors (Lipinski definition) is 3. The Morgan fingerprint density at radius 1 is 1.33 bits per heavy atom. The number of aliphatic hydroxyl groups is 1. The number of benzene rings is 1. The highest BCUT2D eigenvalue weighted by atomic mass is 16.5. The van der Waals surface area contributed by atoms with Gasteiger partial charge >= 0.3 is 0 Å². The van der Waals surface area contributed by atoms with E-state index in [0.29, 0.717) is 13.2 Å². The second-order valence-electron chi connectivity index (χ2n) is 4.16. The maximum Gasteiger partial charge on any atom is 0.106 e. The lowest BCUT2D eigenvalue weighted by molar-refractivity contribution is 0.0366. The molecule has 0 saturated carbocycles. The molecule has 1 aromatic carbocycles. The molecule has 1 atom stereocenters. The largest absolute Gasteiger partial charge is 0.386 e. The first-order chi connectivity index (χ1) is 8.83. The Kier molecular flexibility index (Phi) is 4.50. The average molecular weight is 246 g/mol. The van der Waals surface area contributed by atoms with Gasteiger partial charge in [-0.3, -0.25) is 5.10 Å². The van der Waals surface area contributed by atoms with Crippen molar-refractivity contribution in [3.8, 4) is 11.3 Å². The summed E-state index contributed by atoms with van der Waals surface area (Å²) in [6.45, 7) is 3.00. The molecule has 1 unspecified atom stereocenters. The van der Waals surface area contributed by atoms with Crippen molar-refractivity contribution in [1.82, 2.24) is 10.2 Å². The summed E-state index contributed by atoms with van der Waals surface area (Å²) in [5, 5.41) is 17.0. The van der Waals surface area contributed by atoms with Gasteiger partial charge in [0.2, 0.25) is 0 Å². The third-order valence-electron chi connectivity index (χ3n) is 2.71. The Hall–Kier alpha value is -1.65. The van der Waals surface area contributed by atoms with E-state index in [4.69, 9.17) is 4.74 Å². The number of hydrogen-bond donors (Lipinski definition) is 2. The molecule has 4 nitrogen and oxygen atoms in total. The fraction of sp³-hybridized carbons (Fsp3) is 0.357. The smallest absolute Gasteiger partial charge is 0.106 e. The Balaban J connectivity index is 2.12. The molecule has 4 heteroatoms. The molecule has 96 valence electrons. The van der Waals surface area contributed by atoms with Crippen LogP contribution in [0.25, 0.3) is 11.3 Å². The molecule has 0 aliphatic rings. The van der Waals surface area contributed by atoms with Gasteiger partial charge < -0.3 is 9.84 Å². The van der Waals surface area contributed by atoms with Crippen LogP contribution >= 0.6 is 0 Å². The van der Waals surface area contributed by atoms with Gasteiger partial charge in [-0.15, -0.1) is 0 Å². The third-order valence-corrected chi connectivity index (χ3v) is 2.71. The van der Waals surface area contributed by atoms with Crippen molar-refractivity contribution in [2.24, 2.45) is 0 Å². The molecule has 18 heavy (non-hydrogen) atoms. The third kappa shape index (κ3) is 2.97. The van der Waals surface area contributed by atoms with Crippen molar-refractivity contribution < 1.29 is 9.84 Å². The lowest BCUT2D eigenvalue weighted by Gasteiger charge is -2.11. The molecule has 0 aliphatic carbocycles. The second-order valence-corrected chi connectivity index (χ2v) is 4.16. The van der Waals surface area contributed by atoms with Crippen LogP contribution < -0.4 is 0 Å². The molecule has 0 aliphatic heterocycles. The van der Waals surface area contributed by atoms with E-state index in [9.17, 15) is 5.11 Å². The number of ether oxygens (including phenoxy) is 1. The predicted molar refractivity (Wildman–Crippen MR) is 70.1 cm³/mol. The van der Waals surface area contributed by atoms with Gasteiger partial charge in [0, 0.05) is 12.2 Å². The van der Waals surface area contributed by atoms with Gasteiger partial charge in [0.15, 0.2) is 0 Å². The molecular formula is C14H18N2O2. The van der Waals surface area contributed by atoms with E-state index in [-0.39, 0.29) is 0 Å². The Morgan fingerprint density at radius 2 is 2.11 bits per heavy atom. The summed E-state index contributed by atoms with van der Waals surface area (Å²) in [6, 6.07) is 9.84. The van der Waals surface area contributed by atoms with Crippen LogP contribution in [0, 0.1) is 0 Å². The van der Waals surface area contributed by atoms with Gasteiger partial charge in [-0.2, -0.15) is 5.10 Å². The zero-order valence-corrected chi connectivity index (χ0v) is 10.5. The molecular weight excluding hydrogens is 228 g/mol. The summed E-state index contributed by atoms with van der Waals surface area (Å²) in [7, 11) is 0. The van der Waals surface area contributed by atoms with Gasteiger partial charge in [-0.25, -0.2) is 0 Å². The van der Waals surface area contributed by atoms with Crippen LogP contribution in [0.3, 0.4) is 0 Å². The number of aromatic amines is 1. The van der Waals surface area contributed by atoms with E-state index in [1.807, 2.05) is 37.3 Å². The van der Waals surface area contributed by atoms with E-state index < -0.39 is 6.10 Å². The van der Waals surface area contributed by atoms with Crippen LogP contribution in [0.2, 0.25) is 0 Å². The van der Waals surface area contributed by atoms with Gasteiger partial charge in [-0.05, 0) is 12.0 Å². The van der Waals surface area contributed by atoms with E-state index in [0.717, 1.165) is 23.2 Å². The minimum atomic E-state index is -0.648. The quantitative estimate of drug-likeness (QED) is 0.770. The van der Waals surface area contributed by atoms with E-state index >= 15 is 0 Å². The maximum absolute atomic E-state index is 10.1. The molecule has 0 amide bonds. The SMILES string of the molecule is CCCOCC(O)c1cn[nH]c1-c1ccccc1. The molecule has 0 fully saturated rings. The minimum absolute atomic E-state index is 0.299. The number of rotatable bonds is 6. The van der Waals surface area contributed by atoms with Crippen molar-refractivity contribution in [3.63, 3.8) is 0 Å². The topological polar surface area (TPSA) is 58.1 Å². The van der Waals surface area contributed by atoms with E-state index in [1.165, 1.54) is 0 Å². The molecule has 1 heterocycles. The van der Waals surface area contributed by atoms with Gasteiger partial charge in [-0.1, -0.05) is 37.3 Å². The average Bonchev–Trinajstić information content (AvgIpc) is 2.89. The summed E-state index contributed by atoms with van der Waals surface area (Å²) >= 11 is 0. The molecule has 0 radical (unpaired) electrons. The molecule has 2 N–H and O–H groups in total. The van der Waals surface area contributed by atoms with Crippen LogP contribution in [0.15, 0.2) is 36.5 Å². The number of nitrogens with zero attached hydrogens (tertiary/aromatic N) is 1. The maximum atomic E-state index is 10.1. The van der Waals surface area contributed by atoms with Crippen molar-refractivity contribution in [2.75, 3.05) is 13.2 Å². The zero-order chi connectivity index (χ0) is 12.8. The summed E-state index contributed by atoms with van der Waals surface area (Å²) in [5.74, 6) is 0. The number of aromatic nitrogens is 2. The van der Waals surface area contributed by atoms with E-state index in [2.05, 4.69) is 10.2 Å². The predicted octanol–water partition coefficient (Wildman–Crippen LogP) is 2.54. The van der Waals surface area contributed by atoms with Crippen LogP contribution in [0.1, 0.15) is 25.0 Å². The van der Waals surface area contributed by atoms with E-state index in [1.54, 1.807) is 6.20 Å². The molecule has 1 aromatic heterocycles. The molecule has 0 bridgehead atoms. The number of nitrogens with one attached hydrogen (secondary N) is 1. The first-order valence-corrected chi connectivity index (χ1v) is 6.17. The normalized spacial score (nSPS) is 12.6. The van der Waals surface area contributed by atoms with Gasteiger partial charge in [0.25, 0.3) is 0 Å². The lowest BCUT2D eigenvalue weighted by Crippen LogP contribution is -2.08. The summed E-state index contributed by atoms with van der Waals surface area (Å²) in [5.41, 5.74) is 2.64. The van der Waals surface area contributed by atoms with Crippen molar-refractivity contribution in [1.29, 1.82) is 0 Å². The Morgan fingerprint density at radius 3 is 2.83 bits per heavy atom. The highest BCUT2D eigenvalue weighted by Crippen LogP contribution is 2.25. The van der Waals surface area contributed by atoms with Gasteiger partial charge in [0.1, 0.15) is 6.10 Å². The number of aliphatic hydroxyl groups excluding tert-OH is 1. The van der Waals surface area contributed by atoms with Crippen molar-refractivity contribution in [2.45, 2.75) is 19.4 Å². The van der Waals surface area contributed by atoms with Crippen molar-refractivity contribution in [3.05, 3.63) is 42.1 Å². The zero-order valence-electron chi connectivity index (χ0n) is 10.5. The second kappa shape index (κ2) is 6.33. The fourth-order valence-corrected chi connectivity index (χ4v) is 1.81. The van der Waals surface area contributed by atoms with Crippen LogP contribution in [-0.2, 0) is 4.74 Å². The highest BCUT2D eigenvalue weighted by Gasteiger charge is 2.15. The van der Waals surface area contributed by atoms with Crippen molar-refractivity contribution >= 4 is 0 Å². The first-order valence-electron chi connectivity index (χ1n) is 6.17. The number of H-pyrrole nitrogens is 1. The fourth-order valence-electron chi connectivity index (χ4n) is 1.81. The Labute approximate surface area is 107 Å². The minimum Gasteiger partial charge on any atom is -0.386 e. The lowest BCUT2D eigenvalue weighted by atomic mass is 10.0. The monoisotopic (exact) mass is 246 g/mol. The van der Waals surface area contributed by atoms with Crippen LogP contribution in [0.4, 0.5) is 0 Å². The summed E-state index contributed by atoms with van der Waals surface area (Å²) < 4.78 is 5.37. The Bertz CT molecular complexity index is 468. The molecule has 0 saturated heterocycles. The molecule has 0 spiro atoms. The standard InChI is InChI=1S/C14H18N2O2/c1-2-8-18-10-13(17)12-9-15-16-14(12)11-6-4-3-5-7-11/h3-7,9,13,17H,2,8,10H2,1H3,(H,15,16). The molecule has 2 aromatic rings. The molecule has 2 rings (SSSR count). The first kappa shape index (κ1) is 12.8. The van der Waals surface area contributed by atoms with Gasteiger partial charge in [0.05, 0.1) is 18.5 Å².